The Bertz CT molecular complexity index is 777. The molecule has 118 valence electrons. The first kappa shape index (κ1) is 15.6. The zero-order valence-electron chi connectivity index (χ0n) is 13.0. The van der Waals surface area contributed by atoms with E-state index in [0.717, 1.165) is 27.5 Å². The van der Waals surface area contributed by atoms with Gasteiger partial charge in [-0.3, -0.25) is 0 Å². The smallest absolute Gasteiger partial charge is 0.247 e. The first-order valence-electron chi connectivity index (χ1n) is 7.41. The quantitative estimate of drug-likeness (QED) is 0.685. The van der Waals surface area contributed by atoms with Gasteiger partial charge in [0.2, 0.25) is 11.8 Å². The van der Waals surface area contributed by atoms with Crippen molar-refractivity contribution in [1.29, 1.82) is 0 Å². The predicted molar refractivity (Wildman–Crippen MR) is 89.9 cm³/mol. The Hall–Kier alpha value is -2.33. The fourth-order valence-electron chi connectivity index (χ4n) is 2.30. The summed E-state index contributed by atoms with van der Waals surface area (Å²) in [6, 6.07) is 13.6. The third-order valence-electron chi connectivity index (χ3n) is 3.48. The summed E-state index contributed by atoms with van der Waals surface area (Å²) in [7, 11) is 0. The summed E-state index contributed by atoms with van der Waals surface area (Å²) in [4.78, 5) is 0. The van der Waals surface area contributed by atoms with Crippen molar-refractivity contribution in [3.05, 3.63) is 64.5 Å². The van der Waals surface area contributed by atoms with Gasteiger partial charge in [-0.1, -0.05) is 29.8 Å². The van der Waals surface area contributed by atoms with Crippen molar-refractivity contribution in [2.45, 2.75) is 20.3 Å². The van der Waals surface area contributed by atoms with Crippen LogP contribution in [0, 0.1) is 13.8 Å². The third-order valence-corrected chi connectivity index (χ3v) is 4.08. The van der Waals surface area contributed by atoms with Gasteiger partial charge in [0.05, 0.1) is 13.0 Å². The number of ether oxygens (including phenoxy) is 1. The fourth-order valence-corrected chi connectivity index (χ4v) is 2.41. The lowest BCUT2D eigenvalue weighted by Gasteiger charge is -2.09. The van der Waals surface area contributed by atoms with Crippen molar-refractivity contribution >= 4 is 11.6 Å². The van der Waals surface area contributed by atoms with Crippen molar-refractivity contribution in [3.8, 4) is 17.2 Å². The van der Waals surface area contributed by atoms with Crippen LogP contribution < -0.4 is 4.74 Å². The van der Waals surface area contributed by atoms with Crippen LogP contribution in [0.4, 0.5) is 0 Å². The van der Waals surface area contributed by atoms with Crippen LogP contribution in [0.3, 0.4) is 0 Å². The molecule has 0 saturated heterocycles. The molecule has 4 nitrogen and oxygen atoms in total. The average Bonchev–Trinajstić information content (AvgIpc) is 3.02. The van der Waals surface area contributed by atoms with Crippen LogP contribution >= 0.6 is 11.6 Å². The minimum atomic E-state index is 0.469. The lowest BCUT2D eigenvalue weighted by atomic mass is 10.1. The number of aryl methyl sites for hydroxylation is 2. The molecule has 2 aromatic carbocycles. The Morgan fingerprint density at radius 1 is 1.04 bits per heavy atom. The summed E-state index contributed by atoms with van der Waals surface area (Å²) >= 11 is 6.15. The lowest BCUT2D eigenvalue weighted by Crippen LogP contribution is -2.02. The van der Waals surface area contributed by atoms with Gasteiger partial charge in [0.15, 0.2) is 0 Å². The zero-order valence-corrected chi connectivity index (χ0v) is 13.8. The van der Waals surface area contributed by atoms with E-state index in [9.17, 15) is 0 Å². The van der Waals surface area contributed by atoms with Crippen LogP contribution in [0.5, 0.6) is 5.75 Å². The van der Waals surface area contributed by atoms with E-state index < -0.39 is 0 Å². The highest BCUT2D eigenvalue weighted by Gasteiger charge is 2.09. The molecule has 1 aromatic heterocycles. The number of hydrogen-bond donors (Lipinski definition) is 0. The summed E-state index contributed by atoms with van der Waals surface area (Å²) in [5, 5.41) is 8.90. The number of nitrogens with zero attached hydrogens (tertiary/aromatic N) is 2. The van der Waals surface area contributed by atoms with Crippen LogP contribution in [0.2, 0.25) is 5.02 Å². The molecule has 0 bridgehead atoms. The number of aromatic nitrogens is 2. The largest absolute Gasteiger partial charge is 0.493 e. The van der Waals surface area contributed by atoms with Gasteiger partial charge in [-0.2, -0.15) is 0 Å². The number of halogens is 1. The van der Waals surface area contributed by atoms with E-state index in [-0.39, 0.29) is 0 Å². The lowest BCUT2D eigenvalue weighted by molar-refractivity contribution is 0.306. The Balaban J connectivity index is 1.60. The maximum atomic E-state index is 6.15. The van der Waals surface area contributed by atoms with Gasteiger partial charge in [-0.05, 0) is 49.2 Å². The molecule has 0 aliphatic rings. The molecule has 0 amide bonds. The monoisotopic (exact) mass is 328 g/mol. The minimum absolute atomic E-state index is 0.469. The van der Waals surface area contributed by atoms with Gasteiger partial charge in [0.25, 0.3) is 0 Å². The van der Waals surface area contributed by atoms with Gasteiger partial charge < -0.3 is 9.15 Å². The van der Waals surface area contributed by atoms with E-state index in [1.54, 1.807) is 0 Å². The molecular formula is C18H17ClN2O2. The molecule has 0 atom stereocenters. The molecule has 1 heterocycles. The molecule has 0 aliphatic carbocycles. The van der Waals surface area contributed by atoms with E-state index in [4.69, 9.17) is 20.8 Å². The number of rotatable bonds is 5. The van der Waals surface area contributed by atoms with Crippen LogP contribution in [0.15, 0.2) is 46.9 Å². The summed E-state index contributed by atoms with van der Waals surface area (Å²) in [6.07, 6.45) is 0.556. The number of benzene rings is 2. The summed E-state index contributed by atoms with van der Waals surface area (Å²) in [5.74, 6) is 1.89. The molecule has 0 fully saturated rings. The van der Waals surface area contributed by atoms with Crippen molar-refractivity contribution in [3.63, 3.8) is 0 Å². The maximum Gasteiger partial charge on any atom is 0.247 e. The molecule has 0 aliphatic heterocycles. The molecule has 0 radical (unpaired) electrons. The predicted octanol–water partition coefficient (Wildman–Crippen LogP) is 4.63. The second kappa shape index (κ2) is 6.84. The molecule has 0 spiro atoms. The molecule has 0 saturated carbocycles. The zero-order chi connectivity index (χ0) is 16.2. The maximum absolute atomic E-state index is 6.15. The Kier molecular flexibility index (Phi) is 4.63. The van der Waals surface area contributed by atoms with Crippen molar-refractivity contribution in [2.75, 3.05) is 6.61 Å². The van der Waals surface area contributed by atoms with E-state index in [1.807, 2.05) is 56.3 Å². The highest BCUT2D eigenvalue weighted by Crippen LogP contribution is 2.26. The van der Waals surface area contributed by atoms with Gasteiger partial charge in [0.1, 0.15) is 5.75 Å². The van der Waals surface area contributed by atoms with Crippen LogP contribution in [0.25, 0.3) is 11.5 Å². The van der Waals surface area contributed by atoms with Gasteiger partial charge in [-0.15, -0.1) is 10.2 Å². The normalized spacial score (nSPS) is 10.7. The summed E-state index contributed by atoms with van der Waals surface area (Å²) < 4.78 is 11.4. The van der Waals surface area contributed by atoms with E-state index in [2.05, 4.69) is 10.2 Å². The van der Waals surface area contributed by atoms with Crippen LogP contribution in [-0.2, 0) is 6.42 Å². The first-order valence-corrected chi connectivity index (χ1v) is 7.78. The summed E-state index contributed by atoms with van der Waals surface area (Å²) in [6.45, 7) is 4.40. The average molecular weight is 329 g/mol. The van der Waals surface area contributed by atoms with Crippen LogP contribution in [-0.4, -0.2) is 16.8 Å². The van der Waals surface area contributed by atoms with E-state index in [1.165, 1.54) is 0 Å². The highest BCUT2D eigenvalue weighted by molar-refractivity contribution is 6.32. The Morgan fingerprint density at radius 3 is 2.43 bits per heavy atom. The van der Waals surface area contributed by atoms with Crippen molar-refractivity contribution in [2.24, 2.45) is 0 Å². The van der Waals surface area contributed by atoms with E-state index >= 15 is 0 Å². The Labute approximate surface area is 140 Å². The third kappa shape index (κ3) is 3.71. The second-order valence-corrected chi connectivity index (χ2v) is 5.71. The fraction of sp³-hybridized carbons (Fsp3) is 0.222. The minimum Gasteiger partial charge on any atom is -0.493 e. The van der Waals surface area contributed by atoms with Crippen molar-refractivity contribution < 1.29 is 9.15 Å². The topological polar surface area (TPSA) is 48.2 Å². The van der Waals surface area contributed by atoms with E-state index in [0.29, 0.717) is 24.8 Å². The Morgan fingerprint density at radius 2 is 1.74 bits per heavy atom. The second-order valence-electron chi connectivity index (χ2n) is 5.34. The molecule has 0 N–H and O–H groups in total. The van der Waals surface area contributed by atoms with Gasteiger partial charge >= 0.3 is 0 Å². The molecular weight excluding hydrogens is 312 g/mol. The molecule has 3 aromatic rings. The highest BCUT2D eigenvalue weighted by atomic mass is 35.5. The summed E-state index contributed by atoms with van der Waals surface area (Å²) in [5.41, 5.74) is 2.92. The molecule has 3 rings (SSSR count). The molecule has 0 unspecified atom stereocenters. The standard InChI is InChI=1S/C18H17ClN2O2/c1-12-10-15(11-13(2)17(12)19)22-9-8-16-20-21-18(23-16)14-6-4-3-5-7-14/h3-7,10-11H,8-9H2,1-2H3. The van der Waals surface area contributed by atoms with Crippen molar-refractivity contribution in [1.82, 2.24) is 10.2 Å². The number of hydrogen-bond acceptors (Lipinski definition) is 4. The first-order chi connectivity index (χ1) is 11.1. The van der Waals surface area contributed by atoms with Gasteiger partial charge in [0, 0.05) is 10.6 Å². The van der Waals surface area contributed by atoms with Gasteiger partial charge in [-0.25, -0.2) is 0 Å². The SMILES string of the molecule is Cc1cc(OCCc2nnc(-c3ccccc3)o2)cc(C)c1Cl. The van der Waals surface area contributed by atoms with Crippen LogP contribution in [0.1, 0.15) is 17.0 Å². The molecule has 23 heavy (non-hydrogen) atoms. The molecule has 5 heteroatoms.